The van der Waals surface area contributed by atoms with Gasteiger partial charge < -0.3 is 14.9 Å². The number of aliphatic hydroxyl groups is 1. The van der Waals surface area contributed by atoms with Crippen LogP contribution in [-0.4, -0.2) is 40.7 Å². The molecule has 1 atom stereocenters. The molecule has 128 valence electrons. The molecule has 1 unspecified atom stereocenters. The SMILES string of the molecule is Cc1cc(NC(=O)CN2CCC(C(O)c3ccccc3)CC2)no1. The second-order valence-corrected chi connectivity index (χ2v) is 6.34. The van der Waals surface area contributed by atoms with Crippen molar-refractivity contribution in [1.29, 1.82) is 0 Å². The lowest BCUT2D eigenvalue weighted by molar-refractivity contribution is -0.117. The third-order valence-corrected chi connectivity index (χ3v) is 4.48. The van der Waals surface area contributed by atoms with Gasteiger partial charge >= 0.3 is 0 Å². The van der Waals surface area contributed by atoms with Gasteiger partial charge in [-0.15, -0.1) is 0 Å². The number of anilines is 1. The van der Waals surface area contributed by atoms with E-state index in [-0.39, 0.29) is 11.8 Å². The smallest absolute Gasteiger partial charge is 0.239 e. The zero-order chi connectivity index (χ0) is 16.9. The number of likely N-dealkylation sites (tertiary alicyclic amines) is 1. The van der Waals surface area contributed by atoms with Crippen LogP contribution in [0.25, 0.3) is 0 Å². The maximum atomic E-state index is 12.0. The summed E-state index contributed by atoms with van der Waals surface area (Å²) in [5, 5.41) is 17.0. The third-order valence-electron chi connectivity index (χ3n) is 4.48. The molecule has 1 aliphatic rings. The van der Waals surface area contributed by atoms with Crippen LogP contribution in [0.2, 0.25) is 0 Å². The van der Waals surface area contributed by atoms with E-state index >= 15 is 0 Å². The number of nitrogens with one attached hydrogen (secondary N) is 1. The van der Waals surface area contributed by atoms with Crippen molar-refractivity contribution in [2.75, 3.05) is 25.0 Å². The lowest BCUT2D eigenvalue weighted by atomic mass is 9.87. The van der Waals surface area contributed by atoms with Crippen LogP contribution in [0.1, 0.15) is 30.3 Å². The summed E-state index contributed by atoms with van der Waals surface area (Å²) in [5.74, 6) is 1.27. The third kappa shape index (κ3) is 4.21. The van der Waals surface area contributed by atoms with E-state index in [0.717, 1.165) is 31.5 Å². The molecule has 0 spiro atoms. The van der Waals surface area contributed by atoms with Crippen LogP contribution in [0, 0.1) is 12.8 Å². The standard InChI is InChI=1S/C18H23N3O3/c1-13-11-16(20-24-13)19-17(22)12-21-9-7-15(8-10-21)18(23)14-5-3-2-4-6-14/h2-6,11,15,18,23H,7-10,12H2,1H3,(H,19,20,22). The van der Waals surface area contributed by atoms with E-state index in [1.807, 2.05) is 30.3 Å². The minimum Gasteiger partial charge on any atom is -0.388 e. The van der Waals surface area contributed by atoms with Crippen LogP contribution in [0.5, 0.6) is 0 Å². The van der Waals surface area contributed by atoms with Crippen molar-refractivity contribution in [1.82, 2.24) is 10.1 Å². The van der Waals surface area contributed by atoms with Gasteiger partial charge in [0, 0.05) is 6.07 Å². The molecule has 24 heavy (non-hydrogen) atoms. The molecular formula is C18H23N3O3. The lowest BCUT2D eigenvalue weighted by Crippen LogP contribution is -2.40. The van der Waals surface area contributed by atoms with Crippen molar-refractivity contribution in [2.24, 2.45) is 5.92 Å². The van der Waals surface area contributed by atoms with Gasteiger partial charge in [0.25, 0.3) is 0 Å². The molecule has 0 saturated carbocycles. The normalized spacial score (nSPS) is 17.6. The van der Waals surface area contributed by atoms with Gasteiger partial charge in [-0.1, -0.05) is 35.5 Å². The number of aliphatic hydroxyl groups excluding tert-OH is 1. The van der Waals surface area contributed by atoms with Crippen LogP contribution in [0.4, 0.5) is 5.82 Å². The first-order valence-electron chi connectivity index (χ1n) is 8.30. The fraction of sp³-hybridized carbons (Fsp3) is 0.444. The molecule has 2 N–H and O–H groups in total. The molecule has 1 amide bonds. The Bertz CT molecular complexity index is 663. The highest BCUT2D eigenvalue weighted by atomic mass is 16.5. The van der Waals surface area contributed by atoms with Gasteiger partial charge in [0.1, 0.15) is 5.76 Å². The lowest BCUT2D eigenvalue weighted by Gasteiger charge is -2.33. The quantitative estimate of drug-likeness (QED) is 0.880. The Kier molecular flexibility index (Phi) is 5.27. The summed E-state index contributed by atoms with van der Waals surface area (Å²) in [6, 6.07) is 11.5. The number of carbonyl (C=O) groups is 1. The Balaban J connectivity index is 1.46. The number of aryl methyl sites for hydroxylation is 1. The van der Waals surface area contributed by atoms with E-state index in [0.29, 0.717) is 18.1 Å². The number of benzene rings is 1. The zero-order valence-corrected chi connectivity index (χ0v) is 13.8. The van der Waals surface area contributed by atoms with Crippen LogP contribution < -0.4 is 5.32 Å². The van der Waals surface area contributed by atoms with E-state index < -0.39 is 6.10 Å². The molecule has 0 aliphatic carbocycles. The van der Waals surface area contributed by atoms with Gasteiger partial charge in [0.05, 0.1) is 12.6 Å². The topological polar surface area (TPSA) is 78.6 Å². The van der Waals surface area contributed by atoms with Crippen molar-refractivity contribution < 1.29 is 14.4 Å². The molecule has 1 aromatic heterocycles. The first-order valence-corrected chi connectivity index (χ1v) is 8.30. The number of hydrogen-bond donors (Lipinski definition) is 2. The summed E-state index contributed by atoms with van der Waals surface area (Å²) in [6.45, 7) is 3.73. The summed E-state index contributed by atoms with van der Waals surface area (Å²) in [5.41, 5.74) is 0.968. The van der Waals surface area contributed by atoms with E-state index in [9.17, 15) is 9.90 Å². The number of nitrogens with zero attached hydrogens (tertiary/aromatic N) is 2. The van der Waals surface area contributed by atoms with Crippen LogP contribution in [-0.2, 0) is 4.79 Å². The first kappa shape index (κ1) is 16.7. The van der Waals surface area contributed by atoms with Crippen molar-refractivity contribution in [3.05, 3.63) is 47.7 Å². The fourth-order valence-corrected chi connectivity index (χ4v) is 3.16. The van der Waals surface area contributed by atoms with Gasteiger partial charge in [-0.2, -0.15) is 0 Å². The van der Waals surface area contributed by atoms with Gasteiger partial charge in [0.2, 0.25) is 5.91 Å². The van der Waals surface area contributed by atoms with Crippen molar-refractivity contribution >= 4 is 11.7 Å². The van der Waals surface area contributed by atoms with E-state index in [2.05, 4.69) is 15.4 Å². The minimum atomic E-state index is -0.430. The largest absolute Gasteiger partial charge is 0.388 e. The Hall–Kier alpha value is -2.18. The molecule has 6 nitrogen and oxygen atoms in total. The van der Waals surface area contributed by atoms with Crippen molar-refractivity contribution in [2.45, 2.75) is 25.9 Å². The average Bonchev–Trinajstić information content (AvgIpc) is 3.00. The van der Waals surface area contributed by atoms with E-state index in [1.54, 1.807) is 13.0 Å². The van der Waals surface area contributed by atoms with Gasteiger partial charge in [-0.25, -0.2) is 0 Å². The Labute approximate surface area is 141 Å². The molecule has 1 aromatic carbocycles. The van der Waals surface area contributed by atoms with E-state index in [1.165, 1.54) is 0 Å². The predicted octanol–water partition coefficient (Wildman–Crippen LogP) is 2.37. The summed E-state index contributed by atoms with van der Waals surface area (Å²) in [4.78, 5) is 14.2. The summed E-state index contributed by atoms with van der Waals surface area (Å²) in [6.07, 6.45) is 1.33. The number of hydrogen-bond acceptors (Lipinski definition) is 5. The Morgan fingerprint density at radius 3 is 2.71 bits per heavy atom. The highest BCUT2D eigenvalue weighted by molar-refractivity contribution is 5.91. The van der Waals surface area contributed by atoms with E-state index in [4.69, 9.17) is 4.52 Å². The van der Waals surface area contributed by atoms with Gasteiger partial charge in [-0.3, -0.25) is 9.69 Å². The Morgan fingerprint density at radius 1 is 1.38 bits per heavy atom. The molecule has 2 aromatic rings. The number of aromatic nitrogens is 1. The zero-order valence-electron chi connectivity index (χ0n) is 13.8. The summed E-state index contributed by atoms with van der Waals surface area (Å²) in [7, 11) is 0. The summed E-state index contributed by atoms with van der Waals surface area (Å²) < 4.78 is 4.93. The number of amides is 1. The van der Waals surface area contributed by atoms with Gasteiger partial charge in [-0.05, 0) is 44.3 Å². The first-order chi connectivity index (χ1) is 11.6. The van der Waals surface area contributed by atoms with Crippen molar-refractivity contribution in [3.8, 4) is 0 Å². The van der Waals surface area contributed by atoms with Crippen LogP contribution in [0.15, 0.2) is 40.9 Å². The number of rotatable bonds is 5. The molecule has 2 heterocycles. The highest BCUT2D eigenvalue weighted by Crippen LogP contribution is 2.30. The van der Waals surface area contributed by atoms with Gasteiger partial charge in [0.15, 0.2) is 5.82 Å². The molecule has 0 bridgehead atoms. The molecule has 6 heteroatoms. The predicted molar refractivity (Wildman–Crippen MR) is 90.4 cm³/mol. The maximum absolute atomic E-state index is 12.0. The molecule has 1 fully saturated rings. The van der Waals surface area contributed by atoms with Crippen molar-refractivity contribution in [3.63, 3.8) is 0 Å². The molecule has 3 rings (SSSR count). The number of piperidine rings is 1. The molecule has 1 aliphatic heterocycles. The Morgan fingerprint density at radius 2 is 2.08 bits per heavy atom. The second-order valence-electron chi connectivity index (χ2n) is 6.34. The van der Waals surface area contributed by atoms with Crippen LogP contribution in [0.3, 0.4) is 0 Å². The monoisotopic (exact) mass is 329 g/mol. The maximum Gasteiger partial charge on any atom is 0.239 e. The molecule has 0 radical (unpaired) electrons. The second kappa shape index (κ2) is 7.59. The highest BCUT2D eigenvalue weighted by Gasteiger charge is 2.27. The molecular weight excluding hydrogens is 306 g/mol. The summed E-state index contributed by atoms with van der Waals surface area (Å²) >= 11 is 0. The average molecular weight is 329 g/mol. The number of carbonyl (C=O) groups excluding carboxylic acids is 1. The minimum absolute atomic E-state index is 0.0923. The van der Waals surface area contributed by atoms with Crippen LogP contribution >= 0.6 is 0 Å². The molecule has 1 saturated heterocycles. The fourth-order valence-electron chi connectivity index (χ4n) is 3.16.